The van der Waals surface area contributed by atoms with Crippen LogP contribution in [0.2, 0.25) is 5.02 Å². The first-order valence-corrected chi connectivity index (χ1v) is 8.31. The van der Waals surface area contributed by atoms with Crippen LogP contribution < -0.4 is 0 Å². The Morgan fingerprint density at radius 3 is 2.68 bits per heavy atom. The van der Waals surface area contributed by atoms with Crippen LogP contribution in [0.1, 0.15) is 18.1 Å². The van der Waals surface area contributed by atoms with Gasteiger partial charge in [-0.2, -0.15) is 0 Å². The minimum Gasteiger partial charge on any atom is -0.340 e. The van der Waals surface area contributed by atoms with E-state index in [0.717, 1.165) is 5.03 Å². The SMILES string of the molecule is Cc1ccccc1CN(C)C(=O)C(C)Sc1ccc(Cl)cn1. The molecule has 22 heavy (non-hydrogen) atoms. The zero-order valence-electron chi connectivity index (χ0n) is 12.9. The molecule has 5 heteroatoms. The maximum absolute atomic E-state index is 12.5. The standard InChI is InChI=1S/C17H19ClN2OS/c1-12-6-4-5-7-14(12)11-20(3)17(21)13(2)22-16-9-8-15(18)10-19-16/h4-10,13H,11H2,1-3H3. The van der Waals surface area contributed by atoms with Crippen LogP contribution in [0.25, 0.3) is 0 Å². The number of aromatic nitrogens is 1. The monoisotopic (exact) mass is 334 g/mol. The van der Waals surface area contributed by atoms with Crippen molar-refractivity contribution in [1.82, 2.24) is 9.88 Å². The number of halogens is 1. The maximum Gasteiger partial charge on any atom is 0.235 e. The van der Waals surface area contributed by atoms with E-state index in [9.17, 15) is 4.79 Å². The number of thioether (sulfide) groups is 1. The number of amides is 1. The predicted molar refractivity (Wildman–Crippen MR) is 92.2 cm³/mol. The van der Waals surface area contributed by atoms with Gasteiger partial charge in [-0.3, -0.25) is 4.79 Å². The Labute approximate surface area is 140 Å². The molecule has 2 aromatic rings. The average Bonchev–Trinajstić information content (AvgIpc) is 2.51. The van der Waals surface area contributed by atoms with E-state index in [1.165, 1.54) is 22.9 Å². The fourth-order valence-corrected chi connectivity index (χ4v) is 3.11. The second kappa shape index (κ2) is 7.65. The summed E-state index contributed by atoms with van der Waals surface area (Å²) in [7, 11) is 1.83. The van der Waals surface area contributed by atoms with Crippen LogP contribution in [0.4, 0.5) is 0 Å². The van der Waals surface area contributed by atoms with Crippen LogP contribution in [0.15, 0.2) is 47.6 Å². The highest BCUT2D eigenvalue weighted by molar-refractivity contribution is 8.00. The number of aryl methyl sites for hydroxylation is 1. The van der Waals surface area contributed by atoms with Crippen molar-refractivity contribution in [2.45, 2.75) is 30.7 Å². The van der Waals surface area contributed by atoms with Crippen molar-refractivity contribution in [2.24, 2.45) is 0 Å². The van der Waals surface area contributed by atoms with E-state index in [1.54, 1.807) is 17.2 Å². The number of carbonyl (C=O) groups is 1. The highest BCUT2D eigenvalue weighted by Gasteiger charge is 2.19. The molecule has 1 unspecified atom stereocenters. The highest BCUT2D eigenvalue weighted by Crippen LogP contribution is 2.24. The number of carbonyl (C=O) groups excluding carboxylic acids is 1. The number of benzene rings is 1. The lowest BCUT2D eigenvalue weighted by molar-refractivity contribution is -0.129. The zero-order valence-corrected chi connectivity index (χ0v) is 14.5. The van der Waals surface area contributed by atoms with Crippen molar-refractivity contribution < 1.29 is 4.79 Å². The van der Waals surface area contributed by atoms with E-state index in [2.05, 4.69) is 24.0 Å². The van der Waals surface area contributed by atoms with Gasteiger partial charge in [0.25, 0.3) is 0 Å². The molecule has 116 valence electrons. The summed E-state index contributed by atoms with van der Waals surface area (Å²) in [6.07, 6.45) is 1.60. The largest absolute Gasteiger partial charge is 0.340 e. The van der Waals surface area contributed by atoms with Gasteiger partial charge in [-0.1, -0.05) is 47.6 Å². The molecular formula is C17H19ClN2OS. The molecule has 3 nitrogen and oxygen atoms in total. The molecule has 0 radical (unpaired) electrons. The smallest absolute Gasteiger partial charge is 0.235 e. The molecule has 1 amide bonds. The Kier molecular flexibility index (Phi) is 5.86. The quantitative estimate of drug-likeness (QED) is 0.769. The molecular weight excluding hydrogens is 316 g/mol. The molecule has 1 aromatic heterocycles. The third-order valence-corrected chi connectivity index (χ3v) is 4.65. The minimum atomic E-state index is -0.192. The lowest BCUT2D eigenvalue weighted by Crippen LogP contribution is -2.33. The summed E-state index contributed by atoms with van der Waals surface area (Å²) in [5.41, 5.74) is 2.36. The van der Waals surface area contributed by atoms with Gasteiger partial charge in [0.15, 0.2) is 0 Å². The number of nitrogens with zero attached hydrogens (tertiary/aromatic N) is 2. The van der Waals surface area contributed by atoms with Crippen LogP contribution in [0, 0.1) is 6.92 Å². The van der Waals surface area contributed by atoms with Gasteiger partial charge in [-0.15, -0.1) is 0 Å². The fourth-order valence-electron chi connectivity index (χ4n) is 2.09. The van der Waals surface area contributed by atoms with Crippen LogP contribution in [0.5, 0.6) is 0 Å². The molecule has 0 aliphatic heterocycles. The van der Waals surface area contributed by atoms with Gasteiger partial charge in [0, 0.05) is 19.8 Å². The Bertz CT molecular complexity index is 645. The summed E-state index contributed by atoms with van der Waals surface area (Å²) in [6.45, 7) is 4.57. The van der Waals surface area contributed by atoms with Gasteiger partial charge in [-0.25, -0.2) is 4.98 Å². The Hall–Kier alpha value is -1.52. The summed E-state index contributed by atoms with van der Waals surface area (Å²) in [5, 5.41) is 1.21. The molecule has 0 fully saturated rings. The summed E-state index contributed by atoms with van der Waals surface area (Å²) in [6, 6.07) is 11.7. The summed E-state index contributed by atoms with van der Waals surface area (Å²) < 4.78 is 0. The predicted octanol–water partition coefficient (Wildman–Crippen LogP) is 4.18. The normalized spacial score (nSPS) is 12.0. The van der Waals surface area contributed by atoms with E-state index in [4.69, 9.17) is 11.6 Å². The van der Waals surface area contributed by atoms with Crippen molar-refractivity contribution in [3.05, 3.63) is 58.7 Å². The number of pyridine rings is 1. The topological polar surface area (TPSA) is 33.2 Å². The Morgan fingerprint density at radius 1 is 1.32 bits per heavy atom. The van der Waals surface area contributed by atoms with Crippen molar-refractivity contribution in [2.75, 3.05) is 7.05 Å². The first-order chi connectivity index (χ1) is 10.5. The molecule has 0 bridgehead atoms. The van der Waals surface area contributed by atoms with Crippen molar-refractivity contribution >= 4 is 29.3 Å². The maximum atomic E-state index is 12.5. The van der Waals surface area contributed by atoms with Crippen LogP contribution in [-0.4, -0.2) is 28.1 Å². The minimum absolute atomic E-state index is 0.0880. The summed E-state index contributed by atoms with van der Waals surface area (Å²) >= 11 is 7.26. The van der Waals surface area contributed by atoms with Gasteiger partial charge in [0.1, 0.15) is 0 Å². The third-order valence-electron chi connectivity index (χ3n) is 3.39. The lowest BCUT2D eigenvalue weighted by atomic mass is 10.1. The molecule has 2 rings (SSSR count). The molecule has 0 aliphatic carbocycles. The van der Waals surface area contributed by atoms with E-state index in [-0.39, 0.29) is 11.2 Å². The van der Waals surface area contributed by atoms with Gasteiger partial charge >= 0.3 is 0 Å². The van der Waals surface area contributed by atoms with Crippen molar-refractivity contribution in [3.63, 3.8) is 0 Å². The van der Waals surface area contributed by atoms with E-state index in [0.29, 0.717) is 11.6 Å². The summed E-state index contributed by atoms with van der Waals surface area (Å²) in [5.74, 6) is 0.0880. The Morgan fingerprint density at radius 2 is 2.05 bits per heavy atom. The zero-order chi connectivity index (χ0) is 16.1. The Balaban J connectivity index is 1.97. The van der Waals surface area contributed by atoms with E-state index in [1.807, 2.05) is 32.2 Å². The van der Waals surface area contributed by atoms with E-state index < -0.39 is 0 Å². The van der Waals surface area contributed by atoms with Crippen LogP contribution in [0.3, 0.4) is 0 Å². The second-order valence-electron chi connectivity index (χ2n) is 5.20. The molecule has 0 N–H and O–H groups in total. The van der Waals surface area contributed by atoms with Gasteiger partial charge in [0.2, 0.25) is 5.91 Å². The van der Waals surface area contributed by atoms with Crippen LogP contribution >= 0.6 is 23.4 Å². The molecule has 1 atom stereocenters. The molecule has 0 aliphatic rings. The summed E-state index contributed by atoms with van der Waals surface area (Å²) in [4.78, 5) is 18.5. The van der Waals surface area contributed by atoms with Gasteiger partial charge in [0.05, 0.1) is 15.3 Å². The molecule has 0 saturated carbocycles. The first-order valence-electron chi connectivity index (χ1n) is 7.05. The molecule has 0 spiro atoms. The van der Waals surface area contributed by atoms with E-state index >= 15 is 0 Å². The number of hydrogen-bond donors (Lipinski definition) is 0. The second-order valence-corrected chi connectivity index (χ2v) is 6.99. The van der Waals surface area contributed by atoms with Gasteiger partial charge < -0.3 is 4.90 Å². The average molecular weight is 335 g/mol. The lowest BCUT2D eigenvalue weighted by Gasteiger charge is -2.22. The molecule has 1 heterocycles. The number of rotatable bonds is 5. The first kappa shape index (κ1) is 16.8. The molecule has 0 saturated heterocycles. The fraction of sp³-hybridized carbons (Fsp3) is 0.294. The molecule has 1 aromatic carbocycles. The van der Waals surface area contributed by atoms with Crippen molar-refractivity contribution in [3.8, 4) is 0 Å². The number of hydrogen-bond acceptors (Lipinski definition) is 3. The van der Waals surface area contributed by atoms with Gasteiger partial charge in [-0.05, 0) is 37.1 Å². The third kappa shape index (κ3) is 4.49. The highest BCUT2D eigenvalue weighted by atomic mass is 35.5. The van der Waals surface area contributed by atoms with Crippen molar-refractivity contribution in [1.29, 1.82) is 0 Å². The van der Waals surface area contributed by atoms with Crippen LogP contribution in [-0.2, 0) is 11.3 Å².